The van der Waals surface area contributed by atoms with Crippen molar-refractivity contribution in [2.75, 3.05) is 6.54 Å². The first-order valence-electron chi connectivity index (χ1n) is 5.39. The van der Waals surface area contributed by atoms with Crippen LogP contribution in [0.3, 0.4) is 0 Å². The van der Waals surface area contributed by atoms with Gasteiger partial charge in [-0.2, -0.15) is 0 Å². The maximum Gasteiger partial charge on any atom is 0.142 e. The summed E-state index contributed by atoms with van der Waals surface area (Å²) in [5.74, 6) is 0. The topological polar surface area (TPSA) is 37.8 Å². The normalized spacial score (nSPS) is 12.9. The Morgan fingerprint density at radius 1 is 1.44 bits per heavy atom. The van der Waals surface area contributed by atoms with Crippen LogP contribution in [0.5, 0.6) is 0 Å². The van der Waals surface area contributed by atoms with Gasteiger partial charge in [-0.05, 0) is 19.9 Å². The molecule has 5 heteroatoms. The molecule has 1 atom stereocenters. The molecule has 2 aromatic heterocycles. The second-order valence-corrected chi connectivity index (χ2v) is 5.40. The molecule has 0 radical (unpaired) electrons. The Kier molecular flexibility index (Phi) is 4.04. The predicted molar refractivity (Wildman–Crippen MR) is 69.9 cm³/mol. The van der Waals surface area contributed by atoms with E-state index in [1.165, 1.54) is 4.88 Å². The van der Waals surface area contributed by atoms with Crippen molar-refractivity contribution >= 4 is 22.7 Å². The molecule has 86 valence electrons. The van der Waals surface area contributed by atoms with Crippen molar-refractivity contribution in [3.8, 4) is 10.7 Å². The van der Waals surface area contributed by atoms with Crippen LogP contribution in [0, 0.1) is 0 Å². The third-order valence-corrected chi connectivity index (χ3v) is 4.09. The number of aromatic nitrogens is 2. The largest absolute Gasteiger partial charge is 0.309 e. The van der Waals surface area contributed by atoms with Gasteiger partial charge in [0.25, 0.3) is 0 Å². The quantitative estimate of drug-likeness (QED) is 0.888. The lowest BCUT2D eigenvalue weighted by molar-refractivity contribution is 0.577. The number of nitrogens with one attached hydrogen (secondary N) is 1. The lowest BCUT2D eigenvalue weighted by atomic mass is 10.3. The Labute approximate surface area is 104 Å². The maximum atomic E-state index is 4.41. The highest BCUT2D eigenvalue weighted by molar-refractivity contribution is 7.15. The van der Waals surface area contributed by atoms with Gasteiger partial charge in [0, 0.05) is 22.5 Å². The van der Waals surface area contributed by atoms with Crippen LogP contribution >= 0.6 is 22.7 Å². The summed E-state index contributed by atoms with van der Waals surface area (Å²) in [6, 6.07) is 0.379. The maximum absolute atomic E-state index is 4.41. The Hall–Kier alpha value is -0.780. The fourth-order valence-electron chi connectivity index (χ4n) is 1.38. The fraction of sp³-hybridized carbons (Fsp3) is 0.455. The molecule has 0 spiro atoms. The van der Waals surface area contributed by atoms with Crippen LogP contribution in [0.4, 0.5) is 0 Å². The van der Waals surface area contributed by atoms with Crippen molar-refractivity contribution in [2.45, 2.75) is 26.3 Å². The van der Waals surface area contributed by atoms with Gasteiger partial charge in [0.15, 0.2) is 0 Å². The lowest BCUT2D eigenvalue weighted by Gasteiger charge is -2.09. The summed E-state index contributed by atoms with van der Waals surface area (Å²) in [5.41, 5.74) is 2.83. The van der Waals surface area contributed by atoms with E-state index in [0.29, 0.717) is 6.04 Å². The zero-order valence-corrected chi connectivity index (χ0v) is 11.1. The highest BCUT2D eigenvalue weighted by Crippen LogP contribution is 2.28. The van der Waals surface area contributed by atoms with Gasteiger partial charge in [-0.25, -0.2) is 9.97 Å². The molecule has 3 nitrogen and oxygen atoms in total. The number of rotatable bonds is 5. The smallest absolute Gasteiger partial charge is 0.142 e. The predicted octanol–water partition coefficient (Wildman–Crippen LogP) is 3.33. The van der Waals surface area contributed by atoms with Gasteiger partial charge in [0.1, 0.15) is 10.7 Å². The summed E-state index contributed by atoms with van der Waals surface area (Å²) in [6.45, 7) is 5.40. The Bertz CT molecular complexity index is 422. The van der Waals surface area contributed by atoms with Crippen LogP contribution in [-0.2, 0) is 0 Å². The van der Waals surface area contributed by atoms with E-state index in [0.717, 1.165) is 23.7 Å². The number of thiazole rings is 2. The molecule has 1 N–H and O–H groups in total. The van der Waals surface area contributed by atoms with Crippen LogP contribution in [0.1, 0.15) is 31.2 Å². The van der Waals surface area contributed by atoms with E-state index in [-0.39, 0.29) is 0 Å². The van der Waals surface area contributed by atoms with Crippen LogP contribution in [0.2, 0.25) is 0 Å². The minimum Gasteiger partial charge on any atom is -0.309 e. The van der Waals surface area contributed by atoms with Crippen LogP contribution in [0.15, 0.2) is 17.1 Å². The summed E-state index contributed by atoms with van der Waals surface area (Å²) in [6.07, 6.45) is 3.11. The van der Waals surface area contributed by atoms with Gasteiger partial charge >= 0.3 is 0 Å². The van der Waals surface area contributed by atoms with E-state index in [9.17, 15) is 0 Å². The second-order valence-electron chi connectivity index (χ2n) is 3.62. The lowest BCUT2D eigenvalue weighted by Crippen LogP contribution is -2.18. The van der Waals surface area contributed by atoms with Gasteiger partial charge in [0.2, 0.25) is 0 Å². The molecule has 0 aliphatic rings. The molecule has 0 bridgehead atoms. The number of hydrogen-bond acceptors (Lipinski definition) is 5. The van der Waals surface area contributed by atoms with E-state index in [2.05, 4.69) is 29.1 Å². The SMILES string of the molecule is CCCNC(C)c1cnc(-c2cscn2)s1. The molecule has 0 saturated carbocycles. The van der Waals surface area contributed by atoms with E-state index < -0.39 is 0 Å². The minimum absolute atomic E-state index is 0.379. The molecule has 16 heavy (non-hydrogen) atoms. The highest BCUT2D eigenvalue weighted by Gasteiger charge is 2.10. The molecule has 0 fully saturated rings. The van der Waals surface area contributed by atoms with E-state index >= 15 is 0 Å². The molecule has 2 rings (SSSR count). The van der Waals surface area contributed by atoms with Crippen LogP contribution in [-0.4, -0.2) is 16.5 Å². The Morgan fingerprint density at radius 3 is 3.00 bits per heavy atom. The zero-order valence-electron chi connectivity index (χ0n) is 9.43. The van der Waals surface area contributed by atoms with Gasteiger partial charge in [-0.3, -0.25) is 0 Å². The zero-order chi connectivity index (χ0) is 11.4. The summed E-state index contributed by atoms with van der Waals surface area (Å²) < 4.78 is 0. The molecule has 0 aromatic carbocycles. The second kappa shape index (κ2) is 5.52. The molecule has 0 aliphatic heterocycles. The monoisotopic (exact) mass is 253 g/mol. The molecule has 0 amide bonds. The average molecular weight is 253 g/mol. The average Bonchev–Trinajstić information content (AvgIpc) is 2.94. The van der Waals surface area contributed by atoms with Crippen LogP contribution < -0.4 is 5.32 Å². The number of hydrogen-bond donors (Lipinski definition) is 1. The standard InChI is InChI=1S/C11H15N3S2/c1-3-4-12-8(2)10-5-13-11(16-10)9-6-15-7-14-9/h5-8,12H,3-4H2,1-2H3. The van der Waals surface area contributed by atoms with Gasteiger partial charge < -0.3 is 5.32 Å². The van der Waals surface area contributed by atoms with Crippen molar-refractivity contribution in [2.24, 2.45) is 0 Å². The summed E-state index contributed by atoms with van der Waals surface area (Å²) in [5, 5.41) is 6.51. The van der Waals surface area contributed by atoms with Crippen molar-refractivity contribution < 1.29 is 0 Å². The Morgan fingerprint density at radius 2 is 2.31 bits per heavy atom. The first-order valence-corrected chi connectivity index (χ1v) is 7.15. The van der Waals surface area contributed by atoms with Crippen molar-refractivity contribution in [1.29, 1.82) is 0 Å². The fourth-order valence-corrected chi connectivity index (χ4v) is 2.91. The van der Waals surface area contributed by atoms with Gasteiger partial charge in [-0.15, -0.1) is 22.7 Å². The van der Waals surface area contributed by atoms with E-state index in [4.69, 9.17) is 0 Å². The molecule has 0 saturated heterocycles. The van der Waals surface area contributed by atoms with E-state index in [1.54, 1.807) is 22.7 Å². The third kappa shape index (κ3) is 2.66. The molecule has 0 aliphatic carbocycles. The summed E-state index contributed by atoms with van der Waals surface area (Å²) in [4.78, 5) is 9.95. The molecule has 2 heterocycles. The minimum atomic E-state index is 0.379. The van der Waals surface area contributed by atoms with Crippen molar-refractivity contribution in [1.82, 2.24) is 15.3 Å². The van der Waals surface area contributed by atoms with Crippen LogP contribution in [0.25, 0.3) is 10.7 Å². The molecule has 2 aromatic rings. The van der Waals surface area contributed by atoms with Gasteiger partial charge in [0.05, 0.1) is 5.51 Å². The Balaban J connectivity index is 2.07. The first kappa shape index (κ1) is 11.7. The molecule has 1 unspecified atom stereocenters. The summed E-state index contributed by atoms with van der Waals surface area (Å²) >= 11 is 3.33. The van der Waals surface area contributed by atoms with Crippen molar-refractivity contribution in [3.05, 3.63) is 22.0 Å². The van der Waals surface area contributed by atoms with Crippen molar-refractivity contribution in [3.63, 3.8) is 0 Å². The first-order chi connectivity index (χ1) is 7.81. The van der Waals surface area contributed by atoms with Gasteiger partial charge in [-0.1, -0.05) is 6.92 Å². The highest BCUT2D eigenvalue weighted by atomic mass is 32.1. The third-order valence-electron chi connectivity index (χ3n) is 2.30. The molecular weight excluding hydrogens is 238 g/mol. The number of nitrogens with zero attached hydrogens (tertiary/aromatic N) is 2. The van der Waals surface area contributed by atoms with E-state index in [1.807, 2.05) is 17.1 Å². The molecular formula is C11H15N3S2. The summed E-state index contributed by atoms with van der Waals surface area (Å²) in [7, 11) is 0.